The molecular weight excluding hydrogens is 893 g/mol. The molecule has 0 aliphatic rings. The molecule has 7 N–H and O–H groups in total. The Bertz CT molecular complexity index is 2180. The highest BCUT2D eigenvalue weighted by atomic mass is 16.6. The minimum Gasteiger partial charge on any atom is -0.436 e. The number of Topliss-reactive ketones (excluding diaryl/α,β-unsaturated/α-hetero) is 4. The summed E-state index contributed by atoms with van der Waals surface area (Å²) in [5.41, 5.74) is -2.45. The molecule has 0 fully saturated rings. The van der Waals surface area contributed by atoms with Gasteiger partial charge in [-0.3, -0.25) is 24.5 Å². The van der Waals surface area contributed by atoms with E-state index in [-0.39, 0.29) is 0 Å². The summed E-state index contributed by atoms with van der Waals surface area (Å²) < 4.78 is 12.0. The van der Waals surface area contributed by atoms with Gasteiger partial charge in [-0.05, 0) is 97.0 Å². The number of carbonyl (C=O) groups is 5. The van der Waals surface area contributed by atoms with Crippen LogP contribution < -0.4 is 10.6 Å². The number of rotatable bonds is 29. The van der Waals surface area contributed by atoms with Crippen molar-refractivity contribution in [1.29, 1.82) is 0 Å². The quantitative estimate of drug-likeness (QED) is 0.0153. The van der Waals surface area contributed by atoms with Gasteiger partial charge in [0.25, 0.3) is 0 Å². The van der Waals surface area contributed by atoms with Gasteiger partial charge < -0.3 is 40.3 Å². The molecule has 0 bridgehead atoms. The highest BCUT2D eigenvalue weighted by Gasteiger charge is 2.30. The van der Waals surface area contributed by atoms with E-state index in [1.54, 1.807) is 97.1 Å². The SMILES string of the molecule is CC(C)(O)C(=O)c1ccc(C(OC(=O)NCCCCCCCCCCCCNC(O)OC(c2ccc(C(=O)C(C)(C)O)cc2)c2ccc(C(=O)C(C)(C)O)cc2)c2ccc(C(=O)C(C)(C)O)cc2)cc1. The van der Waals surface area contributed by atoms with Gasteiger partial charge in [-0.1, -0.05) is 148 Å². The molecule has 14 nitrogen and oxygen atoms in total. The molecule has 380 valence electrons. The number of hydrogen-bond donors (Lipinski definition) is 7. The first-order chi connectivity index (χ1) is 32.8. The fourth-order valence-corrected chi connectivity index (χ4v) is 7.73. The van der Waals surface area contributed by atoms with Crippen LogP contribution in [0.4, 0.5) is 4.79 Å². The van der Waals surface area contributed by atoms with Crippen LogP contribution in [0, 0.1) is 0 Å². The Hall–Kier alpha value is -5.45. The molecular formula is C56H74N2O12. The Morgan fingerprint density at radius 2 is 0.671 bits per heavy atom. The van der Waals surface area contributed by atoms with Crippen molar-refractivity contribution in [3.8, 4) is 0 Å². The molecule has 0 aliphatic carbocycles. The van der Waals surface area contributed by atoms with Crippen LogP contribution in [0.3, 0.4) is 0 Å². The first-order valence-electron chi connectivity index (χ1n) is 24.3. The van der Waals surface area contributed by atoms with Crippen LogP contribution in [0.2, 0.25) is 0 Å². The van der Waals surface area contributed by atoms with Crippen LogP contribution in [0.15, 0.2) is 97.1 Å². The van der Waals surface area contributed by atoms with Crippen LogP contribution in [0.5, 0.6) is 0 Å². The van der Waals surface area contributed by atoms with E-state index in [0.717, 1.165) is 64.2 Å². The van der Waals surface area contributed by atoms with E-state index in [2.05, 4.69) is 10.6 Å². The summed E-state index contributed by atoms with van der Waals surface area (Å²) >= 11 is 0. The molecule has 0 heterocycles. The van der Waals surface area contributed by atoms with Gasteiger partial charge in [0.1, 0.15) is 28.5 Å². The molecule has 0 aliphatic heterocycles. The Labute approximate surface area is 412 Å². The number of aliphatic hydroxyl groups is 5. The van der Waals surface area contributed by atoms with Crippen molar-refractivity contribution in [3.05, 3.63) is 142 Å². The van der Waals surface area contributed by atoms with E-state index in [4.69, 9.17) is 9.47 Å². The number of benzene rings is 4. The number of nitrogens with one attached hydrogen (secondary N) is 2. The fourth-order valence-electron chi connectivity index (χ4n) is 7.73. The minimum atomic E-state index is -1.55. The molecule has 0 radical (unpaired) electrons. The first-order valence-corrected chi connectivity index (χ1v) is 24.3. The Balaban J connectivity index is 1.15. The van der Waals surface area contributed by atoms with Gasteiger partial charge >= 0.3 is 6.09 Å². The topological polar surface area (TPSA) is 229 Å². The number of aliphatic hydroxyl groups excluding tert-OH is 1. The zero-order chi connectivity index (χ0) is 51.9. The molecule has 1 amide bonds. The van der Waals surface area contributed by atoms with Gasteiger partial charge in [-0.15, -0.1) is 0 Å². The smallest absolute Gasteiger partial charge is 0.408 e. The molecule has 0 aromatic heterocycles. The van der Waals surface area contributed by atoms with Crippen LogP contribution >= 0.6 is 0 Å². The molecule has 4 aromatic carbocycles. The summed E-state index contributed by atoms with van der Waals surface area (Å²) in [4.78, 5) is 63.5. The highest BCUT2D eigenvalue weighted by molar-refractivity contribution is 6.03. The molecule has 1 atom stereocenters. The number of alkyl carbamates (subject to hydrolysis) is 1. The highest BCUT2D eigenvalue weighted by Crippen LogP contribution is 2.31. The van der Waals surface area contributed by atoms with Crippen LogP contribution in [-0.2, 0) is 9.47 Å². The van der Waals surface area contributed by atoms with Crippen molar-refractivity contribution < 1.29 is 59.0 Å². The summed E-state index contributed by atoms with van der Waals surface area (Å²) in [5.74, 6) is -1.75. The van der Waals surface area contributed by atoms with E-state index in [1.165, 1.54) is 55.4 Å². The Morgan fingerprint density at radius 1 is 0.414 bits per heavy atom. The Morgan fingerprint density at radius 3 is 0.957 bits per heavy atom. The number of carbonyl (C=O) groups excluding carboxylic acids is 5. The van der Waals surface area contributed by atoms with Crippen LogP contribution in [0.25, 0.3) is 0 Å². The normalized spacial score (nSPS) is 12.8. The summed E-state index contributed by atoms with van der Waals surface area (Å²) in [6, 6.07) is 26.1. The lowest BCUT2D eigenvalue weighted by atomic mass is 9.92. The standard InChI is InChI=1S/C56H74N2O12/c1-53(2,65)47(59)41-27-19-37(20-28-41)45(38-21-29-42(30-22-38)48(60)54(3,4)66)69-51(63)57-35-17-15-13-11-9-10-12-14-16-18-36-58-52(64)70-46(39-23-31-43(32-24-39)49(61)55(5,6)67)40-25-33-44(34-26-40)50(62)56(7,8)68/h19-34,45-46,51,57,63,65-68H,9-18,35-36H2,1-8H3,(H,58,64). The van der Waals surface area contributed by atoms with Crippen molar-refractivity contribution >= 4 is 29.2 Å². The maximum absolute atomic E-state index is 13.0. The van der Waals surface area contributed by atoms with E-state index in [0.29, 0.717) is 57.6 Å². The number of unbranched alkanes of at least 4 members (excludes halogenated alkanes) is 9. The largest absolute Gasteiger partial charge is 0.436 e. The van der Waals surface area contributed by atoms with Crippen molar-refractivity contribution in [2.75, 3.05) is 13.1 Å². The van der Waals surface area contributed by atoms with Gasteiger partial charge in [0, 0.05) is 28.8 Å². The van der Waals surface area contributed by atoms with Gasteiger partial charge in [0.15, 0.2) is 29.2 Å². The van der Waals surface area contributed by atoms with Crippen molar-refractivity contribution in [1.82, 2.24) is 10.6 Å². The van der Waals surface area contributed by atoms with E-state index < -0.39 is 70.3 Å². The first kappa shape index (κ1) is 57.1. The monoisotopic (exact) mass is 967 g/mol. The average molecular weight is 967 g/mol. The zero-order valence-electron chi connectivity index (χ0n) is 42.0. The fraction of sp³-hybridized carbons (Fsp3) is 0.482. The van der Waals surface area contributed by atoms with Crippen molar-refractivity contribution in [2.24, 2.45) is 0 Å². The number of hydrogen-bond acceptors (Lipinski definition) is 13. The summed E-state index contributed by atoms with van der Waals surface area (Å²) in [5, 5.41) is 57.5. The predicted octanol–water partition coefficient (Wildman–Crippen LogP) is 8.89. The summed E-state index contributed by atoms with van der Waals surface area (Å²) in [6.07, 6.45) is 6.40. The van der Waals surface area contributed by atoms with E-state index in [9.17, 15) is 49.5 Å². The second kappa shape index (κ2) is 25.6. The average Bonchev–Trinajstić information content (AvgIpc) is 3.30. The predicted molar refractivity (Wildman–Crippen MR) is 268 cm³/mol. The zero-order valence-corrected chi connectivity index (χ0v) is 42.0. The van der Waals surface area contributed by atoms with E-state index in [1.807, 2.05) is 0 Å². The van der Waals surface area contributed by atoms with Crippen LogP contribution in [-0.4, -0.2) is 96.7 Å². The lowest BCUT2D eigenvalue weighted by molar-refractivity contribution is -0.144. The minimum absolute atomic E-state index is 0.308. The summed E-state index contributed by atoms with van der Waals surface area (Å²) in [6.45, 7) is 12.3. The number of amides is 1. The maximum atomic E-state index is 13.0. The molecule has 4 rings (SSSR count). The molecule has 4 aromatic rings. The third kappa shape index (κ3) is 17.7. The van der Waals surface area contributed by atoms with E-state index >= 15 is 0 Å². The number of ether oxygens (including phenoxy) is 2. The second-order valence-electron chi connectivity index (χ2n) is 20.1. The second-order valence-corrected chi connectivity index (χ2v) is 20.1. The van der Waals surface area contributed by atoms with Gasteiger partial charge in [0.2, 0.25) is 6.41 Å². The molecule has 0 saturated heterocycles. The van der Waals surface area contributed by atoms with Crippen molar-refractivity contribution in [3.63, 3.8) is 0 Å². The third-order valence-electron chi connectivity index (χ3n) is 11.8. The maximum Gasteiger partial charge on any atom is 0.408 e. The molecule has 0 spiro atoms. The third-order valence-corrected chi connectivity index (χ3v) is 11.8. The Kier molecular flexibility index (Phi) is 20.9. The van der Waals surface area contributed by atoms with Gasteiger partial charge in [-0.2, -0.15) is 0 Å². The van der Waals surface area contributed by atoms with Gasteiger partial charge in [0.05, 0.1) is 0 Å². The van der Waals surface area contributed by atoms with Crippen LogP contribution in [0.1, 0.15) is 195 Å². The molecule has 70 heavy (non-hydrogen) atoms. The molecule has 14 heteroatoms. The van der Waals surface area contributed by atoms with Gasteiger partial charge in [-0.25, -0.2) is 4.79 Å². The lowest BCUT2D eigenvalue weighted by Crippen LogP contribution is -2.34. The molecule has 1 unspecified atom stereocenters. The summed E-state index contributed by atoms with van der Waals surface area (Å²) in [7, 11) is 0. The lowest BCUT2D eigenvalue weighted by Gasteiger charge is -2.24. The molecule has 0 saturated carbocycles. The van der Waals surface area contributed by atoms with Crippen molar-refractivity contribution in [2.45, 2.75) is 161 Å². The number of ketones is 4.